The molecule has 1 fully saturated rings. The van der Waals surface area contributed by atoms with Crippen LogP contribution in [0.3, 0.4) is 0 Å². The highest BCUT2D eigenvalue weighted by Gasteiger charge is 2.24. The predicted molar refractivity (Wildman–Crippen MR) is 82.0 cm³/mol. The molecule has 0 spiro atoms. The van der Waals surface area contributed by atoms with Crippen LogP contribution >= 0.6 is 0 Å². The maximum Gasteiger partial charge on any atom is 0.280 e. The summed E-state index contributed by atoms with van der Waals surface area (Å²) in [5.74, 6) is -0.273. The molecule has 6 nitrogen and oxygen atoms in total. The molecule has 1 aliphatic rings. The Hall–Kier alpha value is -1.95. The number of hydrogen-bond donors (Lipinski definition) is 0. The van der Waals surface area contributed by atoms with E-state index >= 15 is 0 Å². The van der Waals surface area contributed by atoms with E-state index < -0.39 is 4.92 Å². The monoisotopic (exact) mass is 291 g/mol. The summed E-state index contributed by atoms with van der Waals surface area (Å²) in [4.78, 5) is 26.5. The maximum absolute atomic E-state index is 11.6. The normalized spacial score (nSPS) is 18.9. The minimum Gasteiger partial charge on any atom is -0.370 e. The third kappa shape index (κ3) is 3.39. The topological polar surface area (TPSA) is 66.7 Å². The van der Waals surface area contributed by atoms with Gasteiger partial charge in [-0.15, -0.1) is 0 Å². The van der Waals surface area contributed by atoms with E-state index in [1.807, 2.05) is 0 Å². The number of anilines is 1. The third-order valence-electron chi connectivity index (χ3n) is 4.05. The van der Waals surface area contributed by atoms with E-state index in [1.54, 1.807) is 12.1 Å². The predicted octanol–water partition coefficient (Wildman–Crippen LogP) is 2.33. The van der Waals surface area contributed by atoms with Gasteiger partial charge in [-0.05, 0) is 46.0 Å². The van der Waals surface area contributed by atoms with Crippen molar-refractivity contribution in [2.75, 3.05) is 32.1 Å². The van der Waals surface area contributed by atoms with E-state index in [-0.39, 0.29) is 17.0 Å². The Balaban J connectivity index is 2.30. The van der Waals surface area contributed by atoms with E-state index in [4.69, 9.17) is 0 Å². The Labute approximate surface area is 124 Å². The van der Waals surface area contributed by atoms with Gasteiger partial charge in [0.25, 0.3) is 5.69 Å². The molecule has 6 heteroatoms. The Morgan fingerprint density at radius 3 is 2.71 bits per heavy atom. The lowest BCUT2D eigenvalue weighted by atomic mass is 10.0. The Kier molecular flexibility index (Phi) is 4.57. The number of carbonyl (C=O) groups is 1. The van der Waals surface area contributed by atoms with Crippen LogP contribution in [0.15, 0.2) is 18.2 Å². The molecule has 1 saturated heterocycles. The standard InChI is InChI=1S/C15H21N3O3/c1-11(19)14-9-12(6-7-15(14)18(20)21)17-8-4-5-13(10-17)16(2)3/h6-7,9,13H,4-5,8,10H2,1-3H3. The number of hydrogen-bond acceptors (Lipinski definition) is 5. The highest BCUT2D eigenvalue weighted by molar-refractivity contribution is 5.99. The Morgan fingerprint density at radius 2 is 2.14 bits per heavy atom. The van der Waals surface area contributed by atoms with Gasteiger partial charge >= 0.3 is 0 Å². The second-order valence-electron chi connectivity index (χ2n) is 5.72. The molecule has 1 heterocycles. The van der Waals surface area contributed by atoms with Crippen LogP contribution in [0.5, 0.6) is 0 Å². The zero-order valence-electron chi connectivity index (χ0n) is 12.7. The number of nitro groups is 1. The molecule has 114 valence electrons. The van der Waals surface area contributed by atoms with Crippen LogP contribution in [-0.2, 0) is 0 Å². The number of nitrogens with zero attached hydrogens (tertiary/aromatic N) is 3. The maximum atomic E-state index is 11.6. The third-order valence-corrected chi connectivity index (χ3v) is 4.05. The van der Waals surface area contributed by atoms with Crippen molar-refractivity contribution >= 4 is 17.2 Å². The second-order valence-corrected chi connectivity index (χ2v) is 5.72. The van der Waals surface area contributed by atoms with Crippen LogP contribution in [-0.4, -0.2) is 48.8 Å². The quantitative estimate of drug-likeness (QED) is 0.484. The first-order valence-corrected chi connectivity index (χ1v) is 7.11. The van der Waals surface area contributed by atoms with Gasteiger partial charge in [0.1, 0.15) is 0 Å². The average molecular weight is 291 g/mol. The molecule has 0 aromatic heterocycles. The van der Waals surface area contributed by atoms with Crippen LogP contribution in [0, 0.1) is 10.1 Å². The molecule has 0 N–H and O–H groups in total. The van der Waals surface area contributed by atoms with Crippen LogP contribution in [0.2, 0.25) is 0 Å². The van der Waals surface area contributed by atoms with Crippen molar-refractivity contribution in [3.8, 4) is 0 Å². The molecule has 1 aliphatic heterocycles. The van der Waals surface area contributed by atoms with Crippen molar-refractivity contribution in [1.82, 2.24) is 4.90 Å². The summed E-state index contributed by atoms with van der Waals surface area (Å²) in [6.07, 6.45) is 2.23. The Bertz CT molecular complexity index is 557. The van der Waals surface area contributed by atoms with Crippen LogP contribution in [0.25, 0.3) is 0 Å². The molecule has 0 aliphatic carbocycles. The molecule has 0 bridgehead atoms. The van der Waals surface area contributed by atoms with Crippen molar-refractivity contribution in [3.05, 3.63) is 33.9 Å². The van der Waals surface area contributed by atoms with E-state index in [9.17, 15) is 14.9 Å². The zero-order valence-corrected chi connectivity index (χ0v) is 12.7. The van der Waals surface area contributed by atoms with Crippen LogP contribution in [0.4, 0.5) is 11.4 Å². The minimum atomic E-state index is -0.501. The molecule has 1 aromatic carbocycles. The summed E-state index contributed by atoms with van der Waals surface area (Å²) in [6, 6.07) is 5.29. The SMILES string of the molecule is CC(=O)c1cc(N2CCCC(N(C)C)C2)ccc1[N+](=O)[O-]. The van der Waals surface area contributed by atoms with E-state index in [0.717, 1.165) is 31.6 Å². The number of ketones is 1. The fourth-order valence-corrected chi connectivity index (χ4v) is 2.77. The van der Waals surface area contributed by atoms with Crippen LogP contribution in [0.1, 0.15) is 30.1 Å². The number of Topliss-reactive ketones (excluding diaryl/α,β-unsaturated/α-hetero) is 1. The van der Waals surface area contributed by atoms with Gasteiger partial charge in [-0.3, -0.25) is 14.9 Å². The molecular weight excluding hydrogens is 270 g/mol. The first-order chi connectivity index (χ1) is 9.90. The number of rotatable bonds is 4. The van der Waals surface area contributed by atoms with Crippen LogP contribution < -0.4 is 4.90 Å². The van der Waals surface area contributed by atoms with Gasteiger partial charge in [0.05, 0.1) is 10.5 Å². The van der Waals surface area contributed by atoms with Gasteiger partial charge in [0.15, 0.2) is 5.78 Å². The molecule has 21 heavy (non-hydrogen) atoms. The largest absolute Gasteiger partial charge is 0.370 e. The first-order valence-electron chi connectivity index (χ1n) is 7.11. The van der Waals surface area contributed by atoms with E-state index in [2.05, 4.69) is 23.9 Å². The van der Waals surface area contributed by atoms with Crippen molar-refractivity contribution < 1.29 is 9.72 Å². The fourth-order valence-electron chi connectivity index (χ4n) is 2.77. The lowest BCUT2D eigenvalue weighted by Crippen LogP contribution is -2.45. The van der Waals surface area contributed by atoms with Gasteiger partial charge in [0, 0.05) is 30.9 Å². The van der Waals surface area contributed by atoms with Crippen molar-refractivity contribution in [1.29, 1.82) is 0 Å². The summed E-state index contributed by atoms with van der Waals surface area (Å²) in [5, 5.41) is 11.0. The van der Waals surface area contributed by atoms with Crippen molar-refractivity contribution in [3.63, 3.8) is 0 Å². The molecular formula is C15H21N3O3. The smallest absolute Gasteiger partial charge is 0.280 e. The number of nitro benzene ring substituents is 1. The highest BCUT2D eigenvalue weighted by atomic mass is 16.6. The number of piperidine rings is 1. The van der Waals surface area contributed by atoms with Gasteiger partial charge < -0.3 is 9.80 Å². The van der Waals surface area contributed by atoms with Gasteiger partial charge in [-0.25, -0.2) is 0 Å². The summed E-state index contributed by atoms with van der Waals surface area (Å²) in [7, 11) is 4.12. The van der Waals surface area contributed by atoms with Crippen molar-refractivity contribution in [2.45, 2.75) is 25.8 Å². The molecule has 0 radical (unpaired) electrons. The Morgan fingerprint density at radius 1 is 1.43 bits per heavy atom. The minimum absolute atomic E-state index is 0.118. The molecule has 1 atom stereocenters. The number of likely N-dealkylation sites (N-methyl/N-ethyl adjacent to an activating group) is 1. The summed E-state index contributed by atoms with van der Waals surface area (Å²) in [6.45, 7) is 3.16. The average Bonchev–Trinajstić information content (AvgIpc) is 2.46. The summed E-state index contributed by atoms with van der Waals surface area (Å²) >= 11 is 0. The second kappa shape index (κ2) is 6.22. The lowest BCUT2D eigenvalue weighted by Gasteiger charge is -2.37. The fraction of sp³-hybridized carbons (Fsp3) is 0.533. The lowest BCUT2D eigenvalue weighted by molar-refractivity contribution is -0.385. The number of carbonyl (C=O) groups excluding carboxylic acids is 1. The zero-order chi connectivity index (χ0) is 15.6. The molecule has 0 amide bonds. The summed E-state index contributed by atoms with van der Waals surface area (Å²) < 4.78 is 0. The molecule has 0 saturated carbocycles. The van der Waals surface area contributed by atoms with Gasteiger partial charge in [-0.1, -0.05) is 0 Å². The van der Waals surface area contributed by atoms with Crippen molar-refractivity contribution in [2.24, 2.45) is 0 Å². The first kappa shape index (κ1) is 15.4. The van der Waals surface area contributed by atoms with Gasteiger partial charge in [0.2, 0.25) is 0 Å². The molecule has 1 unspecified atom stereocenters. The summed E-state index contributed by atoms with van der Waals surface area (Å²) in [5.41, 5.74) is 0.953. The molecule has 1 aromatic rings. The van der Waals surface area contributed by atoms with E-state index in [0.29, 0.717) is 6.04 Å². The molecule has 2 rings (SSSR count). The highest BCUT2D eigenvalue weighted by Crippen LogP contribution is 2.28. The van der Waals surface area contributed by atoms with E-state index in [1.165, 1.54) is 13.0 Å². The number of benzene rings is 1. The van der Waals surface area contributed by atoms with Gasteiger partial charge in [-0.2, -0.15) is 0 Å².